The van der Waals surface area contributed by atoms with Gasteiger partial charge in [0.2, 0.25) is 0 Å². The number of nitrogens with two attached hydrogens (primary N) is 1. The molecule has 0 spiro atoms. The lowest BCUT2D eigenvalue weighted by Gasteiger charge is -2.01. The van der Waals surface area contributed by atoms with Crippen molar-refractivity contribution in [3.63, 3.8) is 0 Å². The fourth-order valence-corrected chi connectivity index (χ4v) is 1.02. The zero-order valence-electron chi connectivity index (χ0n) is 7.99. The Morgan fingerprint density at radius 1 is 1.60 bits per heavy atom. The van der Waals surface area contributed by atoms with Crippen LogP contribution in [0.4, 0.5) is 0 Å². The van der Waals surface area contributed by atoms with Crippen molar-refractivity contribution in [1.82, 2.24) is 15.3 Å². The number of aromatic amines is 1. The Kier molecular flexibility index (Phi) is 3.81. The first-order valence-electron chi connectivity index (χ1n) is 4.41. The molecule has 0 unspecified atom stereocenters. The molecule has 0 fully saturated rings. The maximum Gasteiger partial charge on any atom is 0.354 e. The summed E-state index contributed by atoms with van der Waals surface area (Å²) >= 11 is 0. The van der Waals surface area contributed by atoms with Crippen LogP contribution >= 0.6 is 0 Å². The fourth-order valence-electron chi connectivity index (χ4n) is 1.02. The molecule has 0 radical (unpaired) electrons. The molecule has 0 aliphatic rings. The van der Waals surface area contributed by atoms with E-state index in [0.717, 1.165) is 0 Å². The van der Waals surface area contributed by atoms with E-state index in [1.165, 1.54) is 6.33 Å². The maximum atomic E-state index is 11.4. The van der Waals surface area contributed by atoms with Crippen LogP contribution in [0.3, 0.4) is 0 Å². The third-order valence-electron chi connectivity index (χ3n) is 1.73. The summed E-state index contributed by atoms with van der Waals surface area (Å²) in [6, 6.07) is 0. The van der Waals surface area contributed by atoms with Crippen molar-refractivity contribution < 1.29 is 14.7 Å². The highest BCUT2D eigenvalue weighted by molar-refractivity contribution is 6.02. The number of rotatable bonds is 5. The van der Waals surface area contributed by atoms with Gasteiger partial charge in [0.1, 0.15) is 0 Å². The number of H-pyrrole nitrogens is 1. The minimum Gasteiger partial charge on any atom is -0.477 e. The molecule has 7 heteroatoms. The molecule has 82 valence electrons. The van der Waals surface area contributed by atoms with Crippen LogP contribution in [0.2, 0.25) is 0 Å². The van der Waals surface area contributed by atoms with Crippen LogP contribution in [0.1, 0.15) is 27.4 Å². The fraction of sp³-hybridized carbons (Fsp3) is 0.375. The molecule has 5 N–H and O–H groups in total. The van der Waals surface area contributed by atoms with Crippen LogP contribution in [-0.2, 0) is 0 Å². The molecule has 0 aliphatic carbocycles. The van der Waals surface area contributed by atoms with Gasteiger partial charge in [0, 0.05) is 6.54 Å². The summed E-state index contributed by atoms with van der Waals surface area (Å²) in [7, 11) is 0. The molecule has 1 rings (SSSR count). The average Bonchev–Trinajstić information content (AvgIpc) is 2.66. The van der Waals surface area contributed by atoms with E-state index in [1.807, 2.05) is 0 Å². The van der Waals surface area contributed by atoms with Gasteiger partial charge >= 0.3 is 5.97 Å². The van der Waals surface area contributed by atoms with Gasteiger partial charge in [-0.1, -0.05) is 0 Å². The van der Waals surface area contributed by atoms with E-state index >= 15 is 0 Å². The number of carboxylic acid groups (broad SMARTS) is 1. The second kappa shape index (κ2) is 5.11. The Bertz CT molecular complexity index is 361. The zero-order valence-corrected chi connectivity index (χ0v) is 7.99. The van der Waals surface area contributed by atoms with Crippen molar-refractivity contribution in [3.05, 3.63) is 17.7 Å². The number of hydrogen-bond acceptors (Lipinski definition) is 4. The second-order valence-electron chi connectivity index (χ2n) is 2.83. The van der Waals surface area contributed by atoms with Gasteiger partial charge in [-0.15, -0.1) is 0 Å². The van der Waals surface area contributed by atoms with Gasteiger partial charge in [0.15, 0.2) is 11.4 Å². The quantitative estimate of drug-likeness (QED) is 0.475. The van der Waals surface area contributed by atoms with E-state index in [2.05, 4.69) is 15.3 Å². The number of nitrogens with zero attached hydrogens (tertiary/aromatic N) is 1. The third kappa shape index (κ3) is 2.78. The van der Waals surface area contributed by atoms with E-state index in [0.29, 0.717) is 19.5 Å². The summed E-state index contributed by atoms with van der Waals surface area (Å²) in [5, 5.41) is 11.2. The summed E-state index contributed by atoms with van der Waals surface area (Å²) < 4.78 is 0. The first-order chi connectivity index (χ1) is 7.16. The van der Waals surface area contributed by atoms with Crippen molar-refractivity contribution in [2.45, 2.75) is 6.42 Å². The smallest absolute Gasteiger partial charge is 0.354 e. The predicted molar refractivity (Wildman–Crippen MR) is 51.6 cm³/mol. The molecule has 1 aromatic rings. The van der Waals surface area contributed by atoms with Crippen molar-refractivity contribution in [3.8, 4) is 0 Å². The molecule has 0 atom stereocenters. The number of amides is 1. The molecular formula is C8H12N4O3. The highest BCUT2D eigenvalue weighted by atomic mass is 16.4. The Balaban J connectivity index is 2.65. The molecule has 1 amide bonds. The average molecular weight is 212 g/mol. The van der Waals surface area contributed by atoms with Crippen LogP contribution < -0.4 is 11.1 Å². The first kappa shape index (κ1) is 11.2. The number of nitrogens with one attached hydrogen (secondary N) is 2. The number of aromatic carboxylic acids is 1. The number of carbonyl (C=O) groups is 2. The van der Waals surface area contributed by atoms with Gasteiger partial charge in [0.05, 0.1) is 6.33 Å². The van der Waals surface area contributed by atoms with Gasteiger partial charge in [-0.05, 0) is 13.0 Å². The largest absolute Gasteiger partial charge is 0.477 e. The predicted octanol–water partition coefficient (Wildman–Crippen LogP) is -0.813. The van der Waals surface area contributed by atoms with Crippen LogP contribution in [0.5, 0.6) is 0 Å². The van der Waals surface area contributed by atoms with Crippen LogP contribution in [0.15, 0.2) is 6.33 Å². The summed E-state index contributed by atoms with van der Waals surface area (Å²) in [6.07, 6.45) is 1.81. The van der Waals surface area contributed by atoms with Gasteiger partial charge < -0.3 is 21.1 Å². The minimum absolute atomic E-state index is 0.112. The third-order valence-corrected chi connectivity index (χ3v) is 1.73. The van der Waals surface area contributed by atoms with Gasteiger partial charge in [-0.3, -0.25) is 4.79 Å². The molecule has 0 aliphatic heterocycles. The lowest BCUT2D eigenvalue weighted by molar-refractivity contribution is 0.0685. The SMILES string of the molecule is NCCCNC(=O)c1nc[nH]c1C(=O)O. The van der Waals surface area contributed by atoms with Crippen molar-refractivity contribution in [2.24, 2.45) is 5.73 Å². The van der Waals surface area contributed by atoms with Crippen LogP contribution in [-0.4, -0.2) is 40.0 Å². The number of hydrogen-bond donors (Lipinski definition) is 4. The summed E-state index contributed by atoms with van der Waals surface area (Å²) in [5.41, 5.74) is 4.92. The second-order valence-corrected chi connectivity index (χ2v) is 2.83. The van der Waals surface area contributed by atoms with E-state index in [1.54, 1.807) is 0 Å². The van der Waals surface area contributed by atoms with Crippen molar-refractivity contribution in [1.29, 1.82) is 0 Å². The topological polar surface area (TPSA) is 121 Å². The van der Waals surface area contributed by atoms with E-state index in [9.17, 15) is 9.59 Å². The van der Waals surface area contributed by atoms with Crippen molar-refractivity contribution >= 4 is 11.9 Å². The minimum atomic E-state index is -1.21. The molecule has 0 saturated heterocycles. The van der Waals surface area contributed by atoms with Crippen molar-refractivity contribution in [2.75, 3.05) is 13.1 Å². The Labute approximate surface area is 85.7 Å². The van der Waals surface area contributed by atoms with Crippen LogP contribution in [0.25, 0.3) is 0 Å². The first-order valence-corrected chi connectivity index (χ1v) is 4.41. The molecule has 0 aromatic carbocycles. The zero-order chi connectivity index (χ0) is 11.3. The highest BCUT2D eigenvalue weighted by Crippen LogP contribution is 2.01. The lowest BCUT2D eigenvalue weighted by atomic mass is 10.3. The highest BCUT2D eigenvalue weighted by Gasteiger charge is 2.18. The molecule has 1 aromatic heterocycles. The lowest BCUT2D eigenvalue weighted by Crippen LogP contribution is -2.27. The number of aromatic nitrogens is 2. The Morgan fingerprint density at radius 3 is 2.93 bits per heavy atom. The van der Waals surface area contributed by atoms with E-state index in [-0.39, 0.29) is 11.4 Å². The van der Waals surface area contributed by atoms with E-state index < -0.39 is 11.9 Å². The van der Waals surface area contributed by atoms with Crippen LogP contribution in [0, 0.1) is 0 Å². The van der Waals surface area contributed by atoms with Gasteiger partial charge in [0.25, 0.3) is 5.91 Å². The molecule has 15 heavy (non-hydrogen) atoms. The monoisotopic (exact) mass is 212 g/mol. The number of imidazole rings is 1. The maximum absolute atomic E-state index is 11.4. The Hall–Kier alpha value is -1.89. The summed E-state index contributed by atoms with van der Waals surface area (Å²) in [5.74, 6) is -1.72. The Morgan fingerprint density at radius 2 is 2.33 bits per heavy atom. The molecule has 1 heterocycles. The standard InChI is InChI=1S/C8H12N4O3/c9-2-1-3-10-7(13)5-6(8(14)15)12-4-11-5/h4H,1-3,9H2,(H,10,13)(H,11,12)(H,14,15). The van der Waals surface area contributed by atoms with E-state index in [4.69, 9.17) is 10.8 Å². The molecule has 7 nitrogen and oxygen atoms in total. The normalized spacial score (nSPS) is 9.93. The van der Waals surface area contributed by atoms with Gasteiger partial charge in [-0.2, -0.15) is 0 Å². The number of carbonyl (C=O) groups excluding carboxylic acids is 1. The number of carboxylic acids is 1. The summed E-state index contributed by atoms with van der Waals surface area (Å²) in [4.78, 5) is 28.1. The summed E-state index contributed by atoms with van der Waals surface area (Å²) in [6.45, 7) is 0.869. The molecule has 0 bridgehead atoms. The molecular weight excluding hydrogens is 200 g/mol. The molecule has 0 saturated carbocycles. The van der Waals surface area contributed by atoms with Gasteiger partial charge in [-0.25, -0.2) is 9.78 Å².